The van der Waals surface area contributed by atoms with Gasteiger partial charge in [-0.25, -0.2) is 9.97 Å². The molecular formula is C26H25Cl2N5O. The minimum Gasteiger partial charge on any atom is -0.497 e. The predicted octanol–water partition coefficient (Wildman–Crippen LogP) is 5.48. The SMILES string of the molecule is COc1ccc2c(c1)[C@@H](N)C1(CCN(c3nc(C)c(-c4cccc(Cl)c4Cl)c(C#N)n3)CC1)C2. The van der Waals surface area contributed by atoms with Crippen LogP contribution in [0, 0.1) is 23.7 Å². The lowest BCUT2D eigenvalue weighted by Crippen LogP contribution is -2.45. The average Bonchev–Trinajstić information content (AvgIpc) is 3.11. The Morgan fingerprint density at radius 1 is 1.18 bits per heavy atom. The van der Waals surface area contributed by atoms with Crippen molar-refractivity contribution in [2.24, 2.45) is 11.1 Å². The third-order valence-electron chi connectivity index (χ3n) is 7.34. The normalized spacial score (nSPS) is 18.6. The highest BCUT2D eigenvalue weighted by atomic mass is 35.5. The highest BCUT2D eigenvalue weighted by Crippen LogP contribution is 2.51. The molecule has 0 saturated carbocycles. The van der Waals surface area contributed by atoms with Crippen LogP contribution in [0.1, 0.15) is 41.4 Å². The summed E-state index contributed by atoms with van der Waals surface area (Å²) >= 11 is 12.6. The van der Waals surface area contributed by atoms with E-state index in [1.165, 1.54) is 11.1 Å². The van der Waals surface area contributed by atoms with Crippen LogP contribution < -0.4 is 15.4 Å². The summed E-state index contributed by atoms with van der Waals surface area (Å²) in [6, 6.07) is 13.8. The maximum Gasteiger partial charge on any atom is 0.226 e. The van der Waals surface area contributed by atoms with Gasteiger partial charge in [0.25, 0.3) is 0 Å². The fourth-order valence-electron chi connectivity index (χ4n) is 5.41. The van der Waals surface area contributed by atoms with E-state index in [9.17, 15) is 5.26 Å². The number of rotatable bonds is 3. The molecule has 5 rings (SSSR count). The topological polar surface area (TPSA) is 88.1 Å². The van der Waals surface area contributed by atoms with Gasteiger partial charge < -0.3 is 15.4 Å². The van der Waals surface area contributed by atoms with Crippen LogP contribution >= 0.6 is 23.2 Å². The quantitative estimate of drug-likeness (QED) is 0.519. The number of fused-ring (bicyclic) bond motifs is 1. The number of nitrogens with zero attached hydrogens (tertiary/aromatic N) is 4. The lowest BCUT2D eigenvalue weighted by atomic mass is 9.73. The van der Waals surface area contributed by atoms with Crippen LogP contribution in [0.4, 0.5) is 5.95 Å². The smallest absolute Gasteiger partial charge is 0.226 e. The van der Waals surface area contributed by atoms with Crippen LogP contribution in [-0.2, 0) is 6.42 Å². The molecule has 1 fully saturated rings. The van der Waals surface area contributed by atoms with Crippen molar-refractivity contribution in [2.75, 3.05) is 25.1 Å². The zero-order valence-corrected chi connectivity index (χ0v) is 20.6. The minimum absolute atomic E-state index is 0.0204. The van der Waals surface area contributed by atoms with E-state index < -0.39 is 0 Å². The second-order valence-electron chi connectivity index (χ2n) is 9.11. The number of anilines is 1. The van der Waals surface area contributed by atoms with Crippen molar-refractivity contribution in [1.82, 2.24) is 9.97 Å². The summed E-state index contributed by atoms with van der Waals surface area (Å²) < 4.78 is 5.40. The minimum atomic E-state index is -0.0237. The number of methoxy groups -OCH3 is 1. The number of benzene rings is 2. The molecule has 1 aromatic heterocycles. The fourth-order valence-corrected chi connectivity index (χ4v) is 5.80. The summed E-state index contributed by atoms with van der Waals surface area (Å²) in [4.78, 5) is 11.5. The van der Waals surface area contributed by atoms with Crippen molar-refractivity contribution in [2.45, 2.75) is 32.2 Å². The highest BCUT2D eigenvalue weighted by Gasteiger charge is 2.46. The molecule has 34 heavy (non-hydrogen) atoms. The van der Waals surface area contributed by atoms with Gasteiger partial charge in [0, 0.05) is 30.3 Å². The first-order valence-corrected chi connectivity index (χ1v) is 12.0. The lowest BCUT2D eigenvalue weighted by Gasteiger charge is -2.42. The molecule has 3 aromatic rings. The zero-order valence-electron chi connectivity index (χ0n) is 19.1. The van der Waals surface area contributed by atoms with Crippen LogP contribution in [0.2, 0.25) is 10.0 Å². The van der Waals surface area contributed by atoms with E-state index in [0.717, 1.165) is 38.1 Å². The summed E-state index contributed by atoms with van der Waals surface area (Å²) in [6.07, 6.45) is 2.82. The van der Waals surface area contributed by atoms with Gasteiger partial charge >= 0.3 is 0 Å². The van der Waals surface area contributed by atoms with Crippen LogP contribution in [0.15, 0.2) is 36.4 Å². The molecule has 6 nitrogen and oxygen atoms in total. The first-order valence-electron chi connectivity index (χ1n) is 11.3. The number of aryl methyl sites for hydroxylation is 1. The standard InChI is InChI=1S/C26H25Cl2N5O/c1-15-22(18-4-3-5-20(27)23(18)28)21(14-29)32-25(31-15)33-10-8-26(9-11-33)13-16-6-7-17(34-2)12-19(16)24(26)30/h3-7,12,24H,8-11,13,30H2,1-2H3/t24-/m1/s1. The monoisotopic (exact) mass is 493 g/mol. The van der Waals surface area contributed by atoms with Crippen molar-refractivity contribution >= 4 is 29.2 Å². The van der Waals surface area contributed by atoms with E-state index in [4.69, 9.17) is 38.7 Å². The summed E-state index contributed by atoms with van der Waals surface area (Å²) in [6.45, 7) is 3.43. The average molecular weight is 494 g/mol. The number of ether oxygens (including phenoxy) is 1. The maximum absolute atomic E-state index is 9.87. The second kappa shape index (κ2) is 8.74. The molecule has 0 amide bonds. The molecule has 1 atom stereocenters. The van der Waals surface area contributed by atoms with Gasteiger partial charge in [-0.3, -0.25) is 0 Å². The van der Waals surface area contributed by atoms with Gasteiger partial charge in [0.15, 0.2) is 5.69 Å². The van der Waals surface area contributed by atoms with Gasteiger partial charge in [0.2, 0.25) is 5.95 Å². The van der Waals surface area contributed by atoms with Gasteiger partial charge in [-0.1, -0.05) is 41.4 Å². The number of piperidine rings is 1. The summed E-state index contributed by atoms with van der Waals surface area (Å²) in [5.74, 6) is 1.41. The van der Waals surface area contributed by atoms with E-state index in [2.05, 4.69) is 28.1 Å². The number of nitriles is 1. The number of hydrogen-bond acceptors (Lipinski definition) is 6. The molecule has 0 radical (unpaired) electrons. The van der Waals surface area contributed by atoms with Gasteiger partial charge in [0.05, 0.1) is 22.8 Å². The largest absolute Gasteiger partial charge is 0.497 e. The van der Waals surface area contributed by atoms with Crippen molar-refractivity contribution in [3.8, 4) is 22.9 Å². The molecule has 1 aliphatic carbocycles. The third-order valence-corrected chi connectivity index (χ3v) is 8.16. The molecule has 174 valence electrons. The highest BCUT2D eigenvalue weighted by molar-refractivity contribution is 6.43. The lowest BCUT2D eigenvalue weighted by molar-refractivity contribution is 0.187. The predicted molar refractivity (Wildman–Crippen MR) is 134 cm³/mol. The molecule has 0 bridgehead atoms. The fraction of sp³-hybridized carbons (Fsp3) is 0.346. The molecule has 2 aliphatic rings. The number of halogens is 2. The molecule has 1 aliphatic heterocycles. The molecule has 1 saturated heterocycles. The number of hydrogen-bond donors (Lipinski definition) is 1. The van der Waals surface area contributed by atoms with E-state index >= 15 is 0 Å². The van der Waals surface area contributed by atoms with Crippen LogP contribution in [-0.4, -0.2) is 30.2 Å². The van der Waals surface area contributed by atoms with E-state index in [0.29, 0.717) is 38.5 Å². The van der Waals surface area contributed by atoms with E-state index in [1.54, 1.807) is 19.2 Å². The van der Waals surface area contributed by atoms with Gasteiger partial charge in [0.1, 0.15) is 11.8 Å². The number of aromatic nitrogens is 2. The molecule has 2 aromatic carbocycles. The Kier molecular flexibility index (Phi) is 5.89. The maximum atomic E-state index is 9.87. The summed E-state index contributed by atoms with van der Waals surface area (Å²) in [5, 5.41) is 10.7. The van der Waals surface area contributed by atoms with E-state index in [1.807, 2.05) is 19.1 Å². The van der Waals surface area contributed by atoms with E-state index in [-0.39, 0.29) is 11.5 Å². The van der Waals surface area contributed by atoms with Gasteiger partial charge in [-0.05, 0) is 60.9 Å². The molecule has 1 spiro atoms. The Morgan fingerprint density at radius 2 is 1.94 bits per heavy atom. The Labute approximate surface area is 209 Å². The Balaban J connectivity index is 1.40. The molecule has 2 N–H and O–H groups in total. The Bertz CT molecular complexity index is 1310. The van der Waals surface area contributed by atoms with Crippen LogP contribution in [0.25, 0.3) is 11.1 Å². The Morgan fingerprint density at radius 3 is 2.65 bits per heavy atom. The Hall–Kier alpha value is -2.85. The van der Waals surface area contributed by atoms with Crippen molar-refractivity contribution in [1.29, 1.82) is 5.26 Å². The van der Waals surface area contributed by atoms with Crippen molar-refractivity contribution in [3.63, 3.8) is 0 Å². The van der Waals surface area contributed by atoms with Crippen molar-refractivity contribution in [3.05, 3.63) is 69.0 Å². The summed E-state index contributed by atoms with van der Waals surface area (Å²) in [5.41, 5.74) is 11.6. The second-order valence-corrected chi connectivity index (χ2v) is 9.90. The summed E-state index contributed by atoms with van der Waals surface area (Å²) in [7, 11) is 1.68. The first-order chi connectivity index (χ1) is 16.4. The third kappa shape index (κ3) is 3.69. The van der Waals surface area contributed by atoms with Crippen LogP contribution in [0.5, 0.6) is 5.75 Å². The molecular weight excluding hydrogens is 469 g/mol. The molecule has 0 unspecified atom stereocenters. The number of nitrogens with two attached hydrogens (primary N) is 1. The molecule has 8 heteroatoms. The zero-order chi connectivity index (χ0) is 24.0. The van der Waals surface area contributed by atoms with Gasteiger partial charge in [-0.2, -0.15) is 5.26 Å². The first kappa shape index (κ1) is 22.9. The molecule has 2 heterocycles. The van der Waals surface area contributed by atoms with Gasteiger partial charge in [-0.15, -0.1) is 0 Å². The van der Waals surface area contributed by atoms with Crippen molar-refractivity contribution < 1.29 is 4.74 Å². The van der Waals surface area contributed by atoms with Crippen LogP contribution in [0.3, 0.4) is 0 Å².